The lowest BCUT2D eigenvalue weighted by molar-refractivity contribution is -0.536. The highest BCUT2D eigenvalue weighted by molar-refractivity contribution is 5.41. The molecule has 4 aliphatic heterocycles. The zero-order valence-corrected chi connectivity index (χ0v) is 51.2. The average Bonchev–Trinajstić information content (AvgIpc) is 1.70. The Balaban J connectivity index is 1.23. The second-order valence-corrected chi connectivity index (χ2v) is 24.5. The number of benzene rings is 4. The number of aryl methyl sites for hydroxylation is 4. The quantitative estimate of drug-likeness (QED) is 0.0321. The first-order chi connectivity index (χ1) is 40.0. The van der Waals surface area contributed by atoms with Crippen molar-refractivity contribution in [3.8, 4) is 23.0 Å². The molecule has 4 aromatic rings. The maximum absolute atomic E-state index is 8.14. The van der Waals surface area contributed by atoms with Crippen LogP contribution in [0.15, 0.2) is 97.1 Å². The van der Waals surface area contributed by atoms with E-state index in [0.29, 0.717) is 39.1 Å². The second kappa shape index (κ2) is 33.4. The fourth-order valence-corrected chi connectivity index (χ4v) is 13.8. The summed E-state index contributed by atoms with van der Waals surface area (Å²) < 4.78 is 60.5. The van der Waals surface area contributed by atoms with Gasteiger partial charge in [0, 0.05) is 25.7 Å². The predicted octanol–water partition coefficient (Wildman–Crippen LogP) is 19.9. The third-order valence-corrected chi connectivity index (χ3v) is 18.6. The molecule has 4 heterocycles. The molecule has 2 spiro atoms. The van der Waals surface area contributed by atoms with E-state index >= 15 is 0 Å². The first kappa shape index (κ1) is 63.0. The van der Waals surface area contributed by atoms with E-state index in [4.69, 9.17) is 37.9 Å². The van der Waals surface area contributed by atoms with Crippen molar-refractivity contribution in [3.05, 3.63) is 119 Å². The van der Waals surface area contributed by atoms with Crippen LogP contribution in [0.25, 0.3) is 0 Å². The minimum atomic E-state index is -1.96. The molecule has 0 aliphatic carbocycles. The molecule has 81 heavy (non-hydrogen) atoms. The number of para-hydroxylation sites is 4. The molecule has 5 unspecified atom stereocenters. The zero-order valence-electron chi connectivity index (χ0n) is 51.2. The summed E-state index contributed by atoms with van der Waals surface area (Å²) >= 11 is 0. The Morgan fingerprint density at radius 3 is 1.01 bits per heavy atom. The van der Waals surface area contributed by atoms with Gasteiger partial charge in [0.05, 0.1) is 31.5 Å². The standard InChI is InChI=1S/C73H108O8/c1-5-9-13-17-21-25-29-41-60-45-33-37-49-64(60)77-69-59-68(78-69)72(70(53-56-74-70)54-57-75-71(72)55-58-76-71)73(79-65-50-38-34-46-61(65)42-30-26-22-18-14-10-6-2,80-66-51-39-35-47-62(66)43-31-27-23-19-15-11-7-3)81-67-52-40-36-48-63(67)44-32-28-24-20-16-12-8-4/h33-40,45-52,68-69H,5-32,41-44,53-59H2,1-4H3. The molecule has 0 bridgehead atoms. The molecule has 0 N–H and O–H groups in total. The highest BCUT2D eigenvalue weighted by atomic mass is 16.9. The summed E-state index contributed by atoms with van der Waals surface area (Å²) in [7, 11) is 0. The number of ether oxygens (including phenoxy) is 8. The van der Waals surface area contributed by atoms with Crippen molar-refractivity contribution >= 4 is 0 Å². The van der Waals surface area contributed by atoms with E-state index in [1.807, 2.05) is 0 Å². The molecule has 8 nitrogen and oxygen atoms in total. The van der Waals surface area contributed by atoms with Gasteiger partial charge in [0.25, 0.3) is 0 Å². The van der Waals surface area contributed by atoms with Crippen molar-refractivity contribution in [1.29, 1.82) is 0 Å². The Labute approximate surface area is 491 Å². The second-order valence-electron chi connectivity index (χ2n) is 24.5. The molecule has 8 heteroatoms. The van der Waals surface area contributed by atoms with Crippen LogP contribution in [0.1, 0.15) is 255 Å². The van der Waals surface area contributed by atoms with Crippen LogP contribution >= 0.6 is 0 Å². The van der Waals surface area contributed by atoms with E-state index in [1.165, 1.54) is 160 Å². The fourth-order valence-electron chi connectivity index (χ4n) is 13.8. The van der Waals surface area contributed by atoms with Crippen LogP contribution in [0.3, 0.4) is 0 Å². The van der Waals surface area contributed by atoms with Gasteiger partial charge >= 0.3 is 5.97 Å². The SMILES string of the molecule is CCCCCCCCCc1ccccc1OC1CC(C2(C(Oc3ccccc3CCCCCCCCC)(Oc3ccccc3CCCCCCCCC)Oc3ccccc3CCCCCCCCC)C3(CCO3)CCOC23CCO3)O1. The van der Waals surface area contributed by atoms with Gasteiger partial charge in [-0.1, -0.05) is 255 Å². The third-order valence-electron chi connectivity index (χ3n) is 18.6. The van der Waals surface area contributed by atoms with Crippen molar-refractivity contribution < 1.29 is 37.9 Å². The van der Waals surface area contributed by atoms with Crippen LogP contribution in [0, 0.1) is 5.41 Å². The lowest BCUT2D eigenvalue weighted by Crippen LogP contribution is -2.89. The summed E-state index contributed by atoms with van der Waals surface area (Å²) in [6.07, 6.45) is 39.5. The number of hydrogen-bond donors (Lipinski definition) is 0. The Kier molecular flexibility index (Phi) is 26.0. The van der Waals surface area contributed by atoms with Crippen molar-refractivity contribution in [2.24, 2.45) is 5.41 Å². The molecule has 0 saturated carbocycles. The van der Waals surface area contributed by atoms with Gasteiger partial charge in [-0.15, -0.1) is 0 Å². The van der Waals surface area contributed by atoms with E-state index in [1.54, 1.807) is 0 Å². The van der Waals surface area contributed by atoms with E-state index < -0.39 is 35.2 Å². The normalized spacial score (nSPS) is 22.3. The first-order valence-corrected chi connectivity index (χ1v) is 33.6. The predicted molar refractivity (Wildman–Crippen MR) is 331 cm³/mol. The first-order valence-electron chi connectivity index (χ1n) is 33.6. The Bertz CT molecular complexity index is 2190. The van der Waals surface area contributed by atoms with Crippen LogP contribution in [-0.2, 0) is 44.6 Å². The smallest absolute Gasteiger partial charge is 0.434 e. The van der Waals surface area contributed by atoms with Gasteiger partial charge in [-0.3, -0.25) is 0 Å². The van der Waals surface area contributed by atoms with Crippen molar-refractivity contribution in [3.63, 3.8) is 0 Å². The van der Waals surface area contributed by atoms with Gasteiger partial charge in [0.2, 0.25) is 6.29 Å². The monoisotopic (exact) mass is 1110 g/mol. The summed E-state index contributed by atoms with van der Waals surface area (Å²) in [5.74, 6) is -0.112. The maximum Gasteiger partial charge on any atom is 0.434 e. The molecule has 0 radical (unpaired) electrons. The summed E-state index contributed by atoms with van der Waals surface area (Å²) in [6, 6.07) is 34.4. The molecule has 4 aromatic carbocycles. The van der Waals surface area contributed by atoms with Crippen LogP contribution in [0.2, 0.25) is 0 Å². The highest BCUT2D eigenvalue weighted by Crippen LogP contribution is 2.70. The van der Waals surface area contributed by atoms with Crippen LogP contribution in [-0.4, -0.2) is 49.6 Å². The van der Waals surface area contributed by atoms with Gasteiger partial charge in [0.15, 0.2) is 11.2 Å². The summed E-state index contributed by atoms with van der Waals surface area (Å²) in [5.41, 5.74) is 2.39. The molecule has 448 valence electrons. The minimum Gasteiger partial charge on any atom is -0.465 e. The largest absolute Gasteiger partial charge is 0.465 e. The Morgan fingerprint density at radius 1 is 0.383 bits per heavy atom. The fraction of sp³-hybridized carbons (Fsp3) is 0.671. The van der Waals surface area contributed by atoms with Gasteiger partial charge in [0.1, 0.15) is 23.0 Å². The maximum atomic E-state index is 8.14. The van der Waals surface area contributed by atoms with E-state index in [-0.39, 0.29) is 0 Å². The number of hydrogen-bond acceptors (Lipinski definition) is 8. The third kappa shape index (κ3) is 16.2. The number of unbranched alkanes of at least 4 members (excludes halogenated alkanes) is 24. The molecule has 8 rings (SSSR count). The average molecular weight is 1110 g/mol. The lowest BCUT2D eigenvalue weighted by Gasteiger charge is -2.72. The molecule has 4 fully saturated rings. The zero-order chi connectivity index (χ0) is 56.3. The van der Waals surface area contributed by atoms with E-state index in [2.05, 4.69) is 125 Å². The molecule has 0 amide bonds. The summed E-state index contributed by atoms with van der Waals surface area (Å²) in [6.45, 7) is 10.7. The Morgan fingerprint density at radius 2 is 0.679 bits per heavy atom. The van der Waals surface area contributed by atoms with Gasteiger partial charge in [-0.25, -0.2) is 0 Å². The molecular formula is C73H108O8. The van der Waals surface area contributed by atoms with E-state index in [9.17, 15) is 0 Å². The molecule has 5 atom stereocenters. The Hall–Kier alpha value is -4.08. The minimum absolute atomic E-state index is 0.467. The lowest BCUT2D eigenvalue weighted by atomic mass is 9.52. The van der Waals surface area contributed by atoms with E-state index in [0.717, 1.165) is 97.5 Å². The van der Waals surface area contributed by atoms with Crippen molar-refractivity contribution in [2.45, 2.75) is 289 Å². The van der Waals surface area contributed by atoms with Gasteiger partial charge < -0.3 is 37.9 Å². The topological polar surface area (TPSA) is 73.8 Å². The van der Waals surface area contributed by atoms with Crippen LogP contribution < -0.4 is 18.9 Å². The molecular weight excluding hydrogens is 1000 g/mol. The highest BCUT2D eigenvalue weighted by Gasteiger charge is 2.88. The van der Waals surface area contributed by atoms with Crippen molar-refractivity contribution in [1.82, 2.24) is 0 Å². The van der Waals surface area contributed by atoms with Crippen molar-refractivity contribution in [2.75, 3.05) is 19.8 Å². The van der Waals surface area contributed by atoms with Crippen LogP contribution in [0.4, 0.5) is 0 Å². The summed E-state index contributed by atoms with van der Waals surface area (Å²) in [4.78, 5) is 0. The van der Waals surface area contributed by atoms with Gasteiger partial charge in [-0.2, -0.15) is 0 Å². The number of rotatable bonds is 42. The summed E-state index contributed by atoms with van der Waals surface area (Å²) in [5, 5.41) is 0. The molecule has 4 saturated heterocycles. The molecule has 0 aromatic heterocycles. The van der Waals surface area contributed by atoms with Gasteiger partial charge in [-0.05, 0) is 97.9 Å². The van der Waals surface area contributed by atoms with Crippen LogP contribution in [0.5, 0.6) is 23.0 Å². The molecule has 4 aliphatic rings.